The molecule has 1 aromatic heterocycles. The Morgan fingerprint density at radius 1 is 0.463 bits per heavy atom. The van der Waals surface area contributed by atoms with E-state index >= 15 is 0 Å². The number of hydrogen-bond acceptors (Lipinski definition) is 3. The average Bonchev–Trinajstić information content (AvgIpc) is 3.88. The largest absolute Gasteiger partial charge is 0.456 e. The summed E-state index contributed by atoms with van der Waals surface area (Å²) in [5.41, 5.74) is 25.9. The minimum absolute atomic E-state index is 0.0474. The molecule has 0 saturated heterocycles. The molecule has 2 aliphatic carbocycles. The van der Waals surface area contributed by atoms with Crippen LogP contribution in [0, 0.1) is 0 Å². The van der Waals surface area contributed by atoms with Gasteiger partial charge < -0.3 is 14.1 Å². The topological polar surface area (TPSA) is 19.6 Å². The lowest BCUT2D eigenvalue weighted by molar-refractivity contribution is 0.332. The van der Waals surface area contributed by atoms with Gasteiger partial charge in [-0.2, -0.15) is 0 Å². The van der Waals surface area contributed by atoms with Crippen molar-refractivity contribution in [1.82, 2.24) is 0 Å². The summed E-state index contributed by atoms with van der Waals surface area (Å²) in [7, 11) is 0. The Bertz CT molecular complexity index is 3740. The fraction of sp³-hybridized carbons (Fsp3) is 0.143. The third kappa shape index (κ3) is 4.68. The molecule has 0 N–H and O–H groups in total. The first-order valence-corrected chi connectivity index (χ1v) is 24.1. The second kappa shape index (κ2) is 12.9. The van der Waals surface area contributed by atoms with Crippen molar-refractivity contribution in [3.8, 4) is 33.4 Å². The van der Waals surface area contributed by atoms with Gasteiger partial charge in [0.15, 0.2) is 0 Å². The van der Waals surface area contributed by atoms with Crippen LogP contribution in [0.4, 0.5) is 28.4 Å². The van der Waals surface area contributed by atoms with Crippen LogP contribution in [0.25, 0.3) is 55.3 Å². The zero-order valence-corrected chi connectivity index (χ0v) is 38.2. The quantitative estimate of drug-likeness (QED) is 0.162. The van der Waals surface area contributed by atoms with Crippen LogP contribution < -0.4 is 20.6 Å². The molecule has 318 valence electrons. The van der Waals surface area contributed by atoms with Gasteiger partial charge in [-0.25, -0.2) is 0 Å². The Morgan fingerprint density at radius 3 is 1.82 bits per heavy atom. The molecule has 0 unspecified atom stereocenters. The highest BCUT2D eigenvalue weighted by molar-refractivity contribution is 6.94. The fourth-order valence-corrected chi connectivity index (χ4v) is 13.6. The number of furan rings is 1. The van der Waals surface area contributed by atoms with E-state index in [1.807, 2.05) is 0 Å². The minimum Gasteiger partial charge on any atom is -0.456 e. The van der Waals surface area contributed by atoms with Gasteiger partial charge in [-0.05, 0) is 150 Å². The van der Waals surface area contributed by atoms with Crippen LogP contribution in [0.1, 0.15) is 73.9 Å². The molecule has 5 aliphatic rings. The molecule has 10 aromatic rings. The molecule has 67 heavy (non-hydrogen) atoms. The van der Waals surface area contributed by atoms with Crippen molar-refractivity contribution in [2.45, 2.75) is 56.8 Å². The molecule has 0 bridgehead atoms. The molecule has 0 radical (unpaired) electrons. The van der Waals surface area contributed by atoms with E-state index in [0.29, 0.717) is 0 Å². The second-order valence-corrected chi connectivity index (χ2v) is 21.0. The molecule has 15 rings (SSSR count). The highest BCUT2D eigenvalue weighted by Gasteiger charge is 2.56. The van der Waals surface area contributed by atoms with E-state index < -0.39 is 5.41 Å². The summed E-state index contributed by atoms with van der Waals surface area (Å²) in [6.07, 6.45) is 2.31. The molecule has 1 spiro atoms. The minimum atomic E-state index is -0.517. The monoisotopic (exact) mass is 858 g/mol. The molecule has 4 heterocycles. The van der Waals surface area contributed by atoms with Crippen molar-refractivity contribution >= 4 is 68.1 Å². The Balaban J connectivity index is 1.11. The van der Waals surface area contributed by atoms with E-state index in [1.165, 1.54) is 117 Å². The van der Waals surface area contributed by atoms with Gasteiger partial charge in [0.2, 0.25) is 0 Å². The molecular formula is C63H47BN2O. The van der Waals surface area contributed by atoms with Crippen molar-refractivity contribution in [2.24, 2.45) is 0 Å². The molecule has 3 aliphatic heterocycles. The Morgan fingerprint density at radius 2 is 1.09 bits per heavy atom. The van der Waals surface area contributed by atoms with E-state index in [0.717, 1.165) is 24.0 Å². The number of para-hydroxylation sites is 3. The van der Waals surface area contributed by atoms with Gasteiger partial charge in [-0.3, -0.25) is 0 Å². The lowest BCUT2D eigenvalue weighted by Gasteiger charge is -2.51. The van der Waals surface area contributed by atoms with E-state index in [1.54, 1.807) is 0 Å². The molecule has 3 nitrogen and oxygen atoms in total. The summed E-state index contributed by atoms with van der Waals surface area (Å²) in [5.74, 6) is 0. The standard InChI is InChI=1S/C63H47BN2O/c1-61(2)32-33-62(3,4)50-37-56-43(36-49(50)61)58-55(67-56)31-30-53-57(58)44-34-39(38-18-7-5-8-19-38)35-54-59(44)64(66(53)40-20-9-6-10-21-40)51-28-17-27-48-60(51)65(54)52-29-16-15-26-47(52)63(48)45-24-13-11-22-41(45)42-23-12-14-25-46(42)63/h5-31,34-37H,32-33H2,1-4H3. The summed E-state index contributed by atoms with van der Waals surface area (Å²) in [6.45, 7) is 9.55. The van der Waals surface area contributed by atoms with Crippen LogP contribution >= 0.6 is 0 Å². The SMILES string of the molecule is CC1(C)CCC(C)(C)c2cc3c(cc21)oc1ccc2c(c13)-c1cc(-c3ccccc3)cc3c1B(c1cccc4c1N3c1ccccc1C41c3ccccc3-c3ccccc31)N2c1ccccc1. The zero-order valence-electron chi connectivity index (χ0n) is 38.2. The van der Waals surface area contributed by atoms with Crippen LogP contribution in [0.5, 0.6) is 0 Å². The van der Waals surface area contributed by atoms with Gasteiger partial charge >= 0.3 is 6.85 Å². The predicted octanol–water partition coefficient (Wildman–Crippen LogP) is 15.0. The number of benzene rings is 9. The van der Waals surface area contributed by atoms with Gasteiger partial charge in [0.25, 0.3) is 0 Å². The third-order valence-electron chi connectivity index (χ3n) is 16.7. The van der Waals surface area contributed by atoms with E-state index in [4.69, 9.17) is 4.42 Å². The van der Waals surface area contributed by atoms with Crippen LogP contribution in [0.2, 0.25) is 0 Å². The summed E-state index contributed by atoms with van der Waals surface area (Å²) in [5, 5.41) is 2.39. The normalized spacial score (nSPS) is 16.8. The zero-order chi connectivity index (χ0) is 44.6. The molecule has 4 heteroatoms. The van der Waals surface area contributed by atoms with Crippen LogP contribution in [-0.2, 0) is 16.2 Å². The van der Waals surface area contributed by atoms with Crippen molar-refractivity contribution in [3.63, 3.8) is 0 Å². The maximum Gasteiger partial charge on any atom is 0.333 e. The number of hydrogen-bond donors (Lipinski definition) is 0. The first-order valence-electron chi connectivity index (χ1n) is 24.1. The summed E-state index contributed by atoms with van der Waals surface area (Å²) in [4.78, 5) is 5.31. The smallest absolute Gasteiger partial charge is 0.333 e. The maximum atomic E-state index is 7.07. The first kappa shape index (κ1) is 37.6. The first-order chi connectivity index (χ1) is 32.7. The molecular weight excluding hydrogens is 812 g/mol. The average molecular weight is 859 g/mol. The Kier molecular flexibility index (Phi) is 7.23. The summed E-state index contributed by atoms with van der Waals surface area (Å²) >= 11 is 0. The second-order valence-electron chi connectivity index (χ2n) is 21.0. The van der Waals surface area contributed by atoms with Gasteiger partial charge in [0.1, 0.15) is 11.2 Å². The van der Waals surface area contributed by atoms with Crippen LogP contribution in [0.3, 0.4) is 0 Å². The van der Waals surface area contributed by atoms with E-state index in [-0.39, 0.29) is 17.7 Å². The Labute approximate surface area is 392 Å². The highest BCUT2D eigenvalue weighted by atomic mass is 16.3. The number of anilines is 5. The fourth-order valence-electron chi connectivity index (χ4n) is 13.6. The van der Waals surface area contributed by atoms with Crippen molar-refractivity contribution in [2.75, 3.05) is 9.71 Å². The molecule has 0 atom stereocenters. The highest BCUT2D eigenvalue weighted by Crippen LogP contribution is 2.64. The van der Waals surface area contributed by atoms with Gasteiger partial charge in [-0.15, -0.1) is 0 Å². The predicted molar refractivity (Wildman–Crippen MR) is 279 cm³/mol. The van der Waals surface area contributed by atoms with Crippen molar-refractivity contribution < 1.29 is 4.42 Å². The molecule has 0 fully saturated rings. The van der Waals surface area contributed by atoms with Crippen LogP contribution in [-0.4, -0.2) is 6.85 Å². The Hall–Kier alpha value is -7.56. The molecule has 0 amide bonds. The van der Waals surface area contributed by atoms with Gasteiger partial charge in [0.05, 0.1) is 11.1 Å². The summed E-state index contributed by atoms with van der Waals surface area (Å²) in [6, 6.07) is 71.4. The van der Waals surface area contributed by atoms with Gasteiger partial charge in [-0.1, -0.05) is 161 Å². The molecule has 9 aromatic carbocycles. The maximum absolute atomic E-state index is 7.07. The van der Waals surface area contributed by atoms with Crippen molar-refractivity contribution in [3.05, 3.63) is 221 Å². The van der Waals surface area contributed by atoms with Crippen LogP contribution in [0.15, 0.2) is 192 Å². The lowest BCUT2D eigenvalue weighted by atomic mass is 9.42. The van der Waals surface area contributed by atoms with Crippen molar-refractivity contribution in [1.29, 1.82) is 0 Å². The lowest BCUT2D eigenvalue weighted by Crippen LogP contribution is -2.62. The van der Waals surface area contributed by atoms with Gasteiger partial charge in [0, 0.05) is 39.1 Å². The molecule has 0 saturated carbocycles. The number of fused-ring (bicyclic) bond motifs is 18. The third-order valence-corrected chi connectivity index (χ3v) is 16.7. The number of rotatable bonds is 2. The van der Waals surface area contributed by atoms with E-state index in [2.05, 4.69) is 225 Å². The summed E-state index contributed by atoms with van der Waals surface area (Å²) < 4.78 is 7.07. The number of nitrogens with zero attached hydrogens (tertiary/aromatic N) is 2. The van der Waals surface area contributed by atoms with E-state index in [9.17, 15) is 0 Å².